The number of benzene rings is 1. The number of rotatable bonds is 7. The number of primary amides is 1. The molecule has 0 spiro atoms. The van der Waals surface area contributed by atoms with Crippen LogP contribution in [-0.4, -0.2) is 55.7 Å². The molecule has 3 atom stereocenters. The molecule has 3 unspecified atom stereocenters. The van der Waals surface area contributed by atoms with E-state index in [2.05, 4.69) is 65.6 Å². The van der Waals surface area contributed by atoms with Gasteiger partial charge >= 0.3 is 0 Å². The number of carbonyl (C=O) groups is 1. The Balaban J connectivity index is 1.53. The quantitative estimate of drug-likeness (QED) is 0.457. The summed E-state index contributed by atoms with van der Waals surface area (Å²) in [5.41, 5.74) is 7.89. The van der Waals surface area contributed by atoms with Crippen LogP contribution in [0.2, 0.25) is 0 Å². The van der Waals surface area contributed by atoms with Gasteiger partial charge in [0.1, 0.15) is 0 Å². The maximum Gasteiger partial charge on any atom is 0.221 e. The molecule has 0 radical (unpaired) electrons. The molecule has 7 heteroatoms. The predicted octanol–water partition coefficient (Wildman–Crippen LogP) is 2.25. The first kappa shape index (κ1) is 23.5. The van der Waals surface area contributed by atoms with Crippen LogP contribution < -0.4 is 16.4 Å². The third-order valence-electron chi connectivity index (χ3n) is 7.58. The molecule has 1 heterocycles. The van der Waals surface area contributed by atoms with Crippen LogP contribution in [0.5, 0.6) is 0 Å². The van der Waals surface area contributed by atoms with Crippen LogP contribution in [0.15, 0.2) is 29.3 Å². The van der Waals surface area contributed by atoms with Crippen molar-refractivity contribution in [2.45, 2.75) is 64.8 Å². The average Bonchev–Trinajstić information content (AvgIpc) is 2.76. The van der Waals surface area contributed by atoms with Gasteiger partial charge in [0.15, 0.2) is 5.96 Å². The van der Waals surface area contributed by atoms with E-state index in [0.717, 1.165) is 44.9 Å². The Morgan fingerprint density at radius 3 is 2.71 bits per heavy atom. The molecule has 1 aliphatic carbocycles. The van der Waals surface area contributed by atoms with Crippen LogP contribution in [0.25, 0.3) is 0 Å². The fourth-order valence-corrected chi connectivity index (χ4v) is 4.80. The lowest BCUT2D eigenvalue weighted by molar-refractivity contribution is -0.176. The van der Waals surface area contributed by atoms with Crippen molar-refractivity contribution in [2.75, 3.05) is 27.2 Å². The number of methoxy groups -OCH3 is 1. The van der Waals surface area contributed by atoms with Crippen molar-refractivity contribution >= 4 is 11.9 Å². The Kier molecular flexibility index (Phi) is 7.27. The van der Waals surface area contributed by atoms with Gasteiger partial charge in [-0.25, -0.2) is 0 Å². The minimum absolute atomic E-state index is 0.0243. The fourth-order valence-electron chi connectivity index (χ4n) is 4.80. The summed E-state index contributed by atoms with van der Waals surface area (Å²) in [6.45, 7) is 9.95. The van der Waals surface area contributed by atoms with Gasteiger partial charge < -0.3 is 21.1 Å². The number of hydrogen-bond acceptors (Lipinski definition) is 4. The van der Waals surface area contributed by atoms with Gasteiger partial charge in [-0.1, -0.05) is 38.1 Å². The first-order valence-corrected chi connectivity index (χ1v) is 11.3. The van der Waals surface area contributed by atoms with E-state index in [1.54, 1.807) is 14.2 Å². The number of amides is 1. The van der Waals surface area contributed by atoms with Crippen molar-refractivity contribution in [3.63, 3.8) is 0 Å². The van der Waals surface area contributed by atoms with Gasteiger partial charge in [0.05, 0.1) is 11.5 Å². The smallest absolute Gasteiger partial charge is 0.221 e. The number of nitrogens with one attached hydrogen (secondary N) is 2. The molecule has 0 aromatic heterocycles. The molecule has 1 aliphatic heterocycles. The van der Waals surface area contributed by atoms with Crippen LogP contribution in [0.1, 0.15) is 51.2 Å². The van der Waals surface area contributed by atoms with Crippen molar-refractivity contribution in [3.8, 4) is 0 Å². The lowest BCUT2D eigenvalue weighted by Crippen LogP contribution is -2.69. The molecule has 3 rings (SSSR count). The van der Waals surface area contributed by atoms with Crippen LogP contribution in [0, 0.1) is 11.3 Å². The molecule has 2 fully saturated rings. The molecule has 31 heavy (non-hydrogen) atoms. The number of hydrogen-bond donors (Lipinski definition) is 3. The second kappa shape index (κ2) is 9.57. The molecule has 1 aromatic rings. The molecule has 1 amide bonds. The van der Waals surface area contributed by atoms with Gasteiger partial charge in [0.2, 0.25) is 5.91 Å². The second-order valence-electron chi connectivity index (χ2n) is 9.78. The van der Waals surface area contributed by atoms with E-state index < -0.39 is 0 Å². The number of piperidine rings is 1. The van der Waals surface area contributed by atoms with Crippen molar-refractivity contribution in [3.05, 3.63) is 35.4 Å². The van der Waals surface area contributed by atoms with Gasteiger partial charge in [0.25, 0.3) is 0 Å². The number of aliphatic imine (C=N–C) groups is 1. The predicted molar refractivity (Wildman–Crippen MR) is 125 cm³/mol. The molecule has 4 N–H and O–H groups in total. The number of guanidine groups is 1. The van der Waals surface area contributed by atoms with Crippen LogP contribution in [-0.2, 0) is 22.6 Å². The standard InChI is InChI=1S/C24H39N5O2/c1-23(2)20(13-24(23,3)31-5)28-22(26-4)27-14-17-8-6-9-18(12-17)15-29-11-7-10-19(16-29)21(25)30/h6,8-9,12,19-20H,7,10-11,13-16H2,1-5H3,(H2,25,30)(H2,26,27,28). The number of nitrogens with two attached hydrogens (primary N) is 1. The highest BCUT2D eigenvalue weighted by Gasteiger charge is 2.58. The number of likely N-dealkylation sites (tertiary alicyclic amines) is 1. The van der Waals surface area contributed by atoms with Crippen molar-refractivity contribution < 1.29 is 9.53 Å². The summed E-state index contributed by atoms with van der Waals surface area (Å²) in [4.78, 5) is 18.3. The van der Waals surface area contributed by atoms with E-state index in [1.807, 2.05) is 0 Å². The second-order valence-corrected chi connectivity index (χ2v) is 9.78. The summed E-state index contributed by atoms with van der Waals surface area (Å²) in [6, 6.07) is 8.90. The van der Waals surface area contributed by atoms with E-state index in [0.29, 0.717) is 12.6 Å². The lowest BCUT2D eigenvalue weighted by Gasteiger charge is -2.59. The summed E-state index contributed by atoms with van der Waals surface area (Å²) >= 11 is 0. The van der Waals surface area contributed by atoms with Gasteiger partial charge in [-0.3, -0.25) is 14.7 Å². The van der Waals surface area contributed by atoms with Gasteiger partial charge in [-0.2, -0.15) is 0 Å². The highest BCUT2D eigenvalue weighted by Crippen LogP contribution is 2.51. The summed E-state index contributed by atoms with van der Waals surface area (Å²) in [5.74, 6) is 0.604. The van der Waals surface area contributed by atoms with Gasteiger partial charge in [-0.15, -0.1) is 0 Å². The Hall–Kier alpha value is -2.12. The Morgan fingerprint density at radius 1 is 1.32 bits per heavy atom. The first-order chi connectivity index (χ1) is 14.7. The molecule has 2 aliphatic rings. The van der Waals surface area contributed by atoms with E-state index in [1.165, 1.54) is 11.1 Å². The zero-order valence-corrected chi connectivity index (χ0v) is 19.7. The molecule has 0 bridgehead atoms. The first-order valence-electron chi connectivity index (χ1n) is 11.3. The zero-order chi connectivity index (χ0) is 22.6. The SMILES string of the molecule is CN=C(NCc1cccc(CN2CCCC(C(N)=O)C2)c1)NC1CC(C)(OC)C1(C)C. The summed E-state index contributed by atoms with van der Waals surface area (Å²) in [7, 11) is 3.59. The van der Waals surface area contributed by atoms with Crippen LogP contribution in [0.3, 0.4) is 0 Å². The van der Waals surface area contributed by atoms with E-state index >= 15 is 0 Å². The molecule has 1 saturated heterocycles. The Bertz CT molecular complexity index is 809. The maximum absolute atomic E-state index is 11.5. The molecule has 172 valence electrons. The van der Waals surface area contributed by atoms with E-state index in [4.69, 9.17) is 10.5 Å². The average molecular weight is 430 g/mol. The zero-order valence-electron chi connectivity index (χ0n) is 19.7. The van der Waals surface area contributed by atoms with E-state index in [9.17, 15) is 4.79 Å². The lowest BCUT2D eigenvalue weighted by atomic mass is 9.56. The number of ether oxygens (including phenoxy) is 1. The van der Waals surface area contributed by atoms with Crippen molar-refractivity contribution in [1.82, 2.24) is 15.5 Å². The van der Waals surface area contributed by atoms with Gasteiger partial charge in [-0.05, 0) is 43.9 Å². The topological polar surface area (TPSA) is 92.0 Å². The highest BCUT2D eigenvalue weighted by atomic mass is 16.5. The third-order valence-corrected chi connectivity index (χ3v) is 7.58. The third kappa shape index (κ3) is 5.21. The number of carbonyl (C=O) groups excluding carboxylic acids is 1. The van der Waals surface area contributed by atoms with Gasteiger partial charge in [0, 0.05) is 45.2 Å². The highest BCUT2D eigenvalue weighted by molar-refractivity contribution is 5.80. The van der Waals surface area contributed by atoms with Crippen molar-refractivity contribution in [2.24, 2.45) is 22.1 Å². The monoisotopic (exact) mass is 429 g/mol. The minimum atomic E-state index is -0.179. The van der Waals surface area contributed by atoms with Crippen LogP contribution >= 0.6 is 0 Å². The fraction of sp³-hybridized carbons (Fsp3) is 0.667. The normalized spacial score (nSPS) is 28.6. The summed E-state index contributed by atoms with van der Waals surface area (Å²) in [5, 5.41) is 7.00. The minimum Gasteiger partial charge on any atom is -0.378 e. The molecule has 1 saturated carbocycles. The molecular formula is C24H39N5O2. The molecule has 1 aromatic carbocycles. The largest absolute Gasteiger partial charge is 0.378 e. The summed E-state index contributed by atoms with van der Waals surface area (Å²) in [6.07, 6.45) is 2.88. The number of nitrogens with zero attached hydrogens (tertiary/aromatic N) is 2. The molecular weight excluding hydrogens is 390 g/mol. The van der Waals surface area contributed by atoms with Crippen molar-refractivity contribution in [1.29, 1.82) is 0 Å². The van der Waals surface area contributed by atoms with E-state index in [-0.39, 0.29) is 22.8 Å². The Morgan fingerprint density at radius 2 is 2.06 bits per heavy atom. The Labute approximate surface area is 186 Å². The molecule has 7 nitrogen and oxygen atoms in total. The van der Waals surface area contributed by atoms with Crippen LogP contribution in [0.4, 0.5) is 0 Å². The maximum atomic E-state index is 11.5. The summed E-state index contributed by atoms with van der Waals surface area (Å²) < 4.78 is 5.73.